The summed E-state index contributed by atoms with van der Waals surface area (Å²) in [5.74, 6) is 1.07. The number of benzene rings is 1. The van der Waals surface area contributed by atoms with Gasteiger partial charge in [0, 0.05) is 28.5 Å². The zero-order valence-electron chi connectivity index (χ0n) is 9.86. The van der Waals surface area contributed by atoms with Crippen molar-refractivity contribution in [1.29, 1.82) is 0 Å². The van der Waals surface area contributed by atoms with Gasteiger partial charge >= 0.3 is 0 Å². The molecule has 0 bridgehead atoms. The molecule has 0 N–H and O–H groups in total. The third-order valence-electron chi connectivity index (χ3n) is 3.47. The SMILES string of the molecule is CC1CCCc2cnc(-c3ccc(Cl)cc3)n21. The summed E-state index contributed by atoms with van der Waals surface area (Å²) in [7, 11) is 0. The highest BCUT2D eigenvalue weighted by Gasteiger charge is 2.20. The van der Waals surface area contributed by atoms with Crippen LogP contribution in [0.25, 0.3) is 11.4 Å². The van der Waals surface area contributed by atoms with E-state index in [0.717, 1.165) is 22.8 Å². The summed E-state index contributed by atoms with van der Waals surface area (Å²) in [6.45, 7) is 2.27. The summed E-state index contributed by atoms with van der Waals surface area (Å²) in [5.41, 5.74) is 2.50. The van der Waals surface area contributed by atoms with Crippen molar-refractivity contribution in [3.05, 3.63) is 41.2 Å². The lowest BCUT2D eigenvalue weighted by Crippen LogP contribution is -2.15. The van der Waals surface area contributed by atoms with E-state index in [2.05, 4.69) is 16.5 Å². The molecular weight excluding hydrogens is 232 g/mol. The number of hydrogen-bond donors (Lipinski definition) is 0. The van der Waals surface area contributed by atoms with Crippen molar-refractivity contribution < 1.29 is 0 Å². The van der Waals surface area contributed by atoms with Crippen LogP contribution in [0.3, 0.4) is 0 Å². The van der Waals surface area contributed by atoms with E-state index in [9.17, 15) is 0 Å². The highest BCUT2D eigenvalue weighted by Crippen LogP contribution is 2.31. The molecule has 0 aliphatic carbocycles. The monoisotopic (exact) mass is 246 g/mol. The van der Waals surface area contributed by atoms with Gasteiger partial charge in [0.1, 0.15) is 5.82 Å². The number of aryl methyl sites for hydroxylation is 1. The molecule has 0 saturated carbocycles. The fraction of sp³-hybridized carbons (Fsp3) is 0.357. The molecule has 88 valence electrons. The van der Waals surface area contributed by atoms with Crippen LogP contribution in [-0.2, 0) is 6.42 Å². The first-order chi connectivity index (χ1) is 8.25. The van der Waals surface area contributed by atoms with Gasteiger partial charge in [0.05, 0.1) is 0 Å². The average molecular weight is 247 g/mol. The van der Waals surface area contributed by atoms with E-state index in [0.29, 0.717) is 6.04 Å². The standard InChI is InChI=1S/C14H15ClN2/c1-10-3-2-4-13-9-16-14(17(10)13)11-5-7-12(15)8-6-11/h5-10H,2-4H2,1H3. The average Bonchev–Trinajstić information content (AvgIpc) is 2.75. The Labute approximate surface area is 106 Å². The maximum atomic E-state index is 5.92. The van der Waals surface area contributed by atoms with Gasteiger partial charge in [-0.05, 0) is 50.5 Å². The van der Waals surface area contributed by atoms with Crippen LogP contribution in [0, 0.1) is 0 Å². The summed E-state index contributed by atoms with van der Waals surface area (Å²) in [6, 6.07) is 8.48. The van der Waals surface area contributed by atoms with Gasteiger partial charge in [-0.3, -0.25) is 0 Å². The van der Waals surface area contributed by atoms with Crippen molar-refractivity contribution >= 4 is 11.6 Å². The van der Waals surface area contributed by atoms with Crippen molar-refractivity contribution in [2.24, 2.45) is 0 Å². The lowest BCUT2D eigenvalue weighted by molar-refractivity contribution is 0.436. The topological polar surface area (TPSA) is 17.8 Å². The molecule has 3 rings (SSSR count). The summed E-state index contributed by atoms with van der Waals surface area (Å²) in [4.78, 5) is 4.57. The van der Waals surface area contributed by atoms with Gasteiger partial charge in [-0.1, -0.05) is 11.6 Å². The molecule has 1 atom stereocenters. The van der Waals surface area contributed by atoms with Crippen LogP contribution in [0.15, 0.2) is 30.5 Å². The Kier molecular flexibility index (Phi) is 2.67. The summed E-state index contributed by atoms with van der Waals surface area (Å²) in [5, 5.41) is 0.771. The van der Waals surface area contributed by atoms with E-state index in [1.165, 1.54) is 18.5 Å². The third-order valence-corrected chi connectivity index (χ3v) is 3.72. The predicted molar refractivity (Wildman–Crippen MR) is 70.3 cm³/mol. The summed E-state index contributed by atoms with van der Waals surface area (Å²) < 4.78 is 2.37. The van der Waals surface area contributed by atoms with Gasteiger partial charge in [-0.2, -0.15) is 0 Å². The van der Waals surface area contributed by atoms with Crippen LogP contribution in [0.5, 0.6) is 0 Å². The lowest BCUT2D eigenvalue weighted by atomic mass is 10.0. The number of imidazole rings is 1. The zero-order valence-corrected chi connectivity index (χ0v) is 10.6. The van der Waals surface area contributed by atoms with Gasteiger partial charge in [0.2, 0.25) is 0 Å². The highest BCUT2D eigenvalue weighted by molar-refractivity contribution is 6.30. The Morgan fingerprint density at radius 3 is 2.82 bits per heavy atom. The lowest BCUT2D eigenvalue weighted by Gasteiger charge is -2.24. The molecule has 2 heterocycles. The highest BCUT2D eigenvalue weighted by atomic mass is 35.5. The van der Waals surface area contributed by atoms with Gasteiger partial charge in [-0.25, -0.2) is 4.98 Å². The maximum Gasteiger partial charge on any atom is 0.140 e. The zero-order chi connectivity index (χ0) is 11.8. The Balaban J connectivity index is 2.09. The van der Waals surface area contributed by atoms with Gasteiger partial charge in [-0.15, -0.1) is 0 Å². The molecule has 0 saturated heterocycles. The second-order valence-electron chi connectivity index (χ2n) is 4.69. The van der Waals surface area contributed by atoms with Crippen LogP contribution in [0.4, 0.5) is 0 Å². The van der Waals surface area contributed by atoms with Crippen molar-refractivity contribution in [1.82, 2.24) is 9.55 Å². The van der Waals surface area contributed by atoms with Crippen LogP contribution >= 0.6 is 11.6 Å². The molecule has 2 aromatic rings. The van der Waals surface area contributed by atoms with Crippen LogP contribution in [-0.4, -0.2) is 9.55 Å². The minimum Gasteiger partial charge on any atom is -0.325 e. The second-order valence-corrected chi connectivity index (χ2v) is 5.13. The fourth-order valence-electron chi connectivity index (χ4n) is 2.59. The molecule has 2 nitrogen and oxygen atoms in total. The maximum absolute atomic E-state index is 5.92. The molecule has 1 aromatic carbocycles. The normalized spacial score (nSPS) is 19.1. The fourth-order valence-corrected chi connectivity index (χ4v) is 2.72. The Bertz CT molecular complexity index is 528. The first-order valence-electron chi connectivity index (χ1n) is 6.08. The van der Waals surface area contributed by atoms with Crippen LogP contribution in [0.1, 0.15) is 31.5 Å². The predicted octanol–water partition coefficient (Wildman–Crippen LogP) is 4.10. The van der Waals surface area contributed by atoms with Crippen molar-refractivity contribution in [2.75, 3.05) is 0 Å². The third kappa shape index (κ3) is 1.87. The van der Waals surface area contributed by atoms with Gasteiger partial charge in [0.25, 0.3) is 0 Å². The van der Waals surface area contributed by atoms with E-state index in [1.54, 1.807) is 0 Å². The smallest absolute Gasteiger partial charge is 0.140 e. The van der Waals surface area contributed by atoms with E-state index >= 15 is 0 Å². The molecule has 1 aliphatic heterocycles. The van der Waals surface area contributed by atoms with Gasteiger partial charge in [0.15, 0.2) is 0 Å². The summed E-state index contributed by atoms with van der Waals surface area (Å²) >= 11 is 5.92. The minimum absolute atomic E-state index is 0.548. The molecule has 0 spiro atoms. The Hall–Kier alpha value is -1.28. The first-order valence-corrected chi connectivity index (χ1v) is 6.45. The number of rotatable bonds is 1. The number of nitrogens with zero attached hydrogens (tertiary/aromatic N) is 2. The van der Waals surface area contributed by atoms with E-state index in [4.69, 9.17) is 11.6 Å². The van der Waals surface area contributed by atoms with E-state index in [1.807, 2.05) is 30.5 Å². The molecule has 0 fully saturated rings. The molecule has 17 heavy (non-hydrogen) atoms. The quantitative estimate of drug-likeness (QED) is 0.741. The van der Waals surface area contributed by atoms with Gasteiger partial charge < -0.3 is 4.57 Å². The van der Waals surface area contributed by atoms with Crippen LogP contribution < -0.4 is 0 Å². The molecule has 1 unspecified atom stereocenters. The Morgan fingerprint density at radius 1 is 1.29 bits per heavy atom. The molecular formula is C14H15ClN2. The van der Waals surface area contributed by atoms with Crippen molar-refractivity contribution in [2.45, 2.75) is 32.2 Å². The first kappa shape index (κ1) is 10.8. The Morgan fingerprint density at radius 2 is 2.06 bits per heavy atom. The number of halogens is 1. The minimum atomic E-state index is 0.548. The largest absolute Gasteiger partial charge is 0.325 e. The molecule has 1 aliphatic rings. The van der Waals surface area contributed by atoms with E-state index < -0.39 is 0 Å². The van der Waals surface area contributed by atoms with Crippen molar-refractivity contribution in [3.8, 4) is 11.4 Å². The van der Waals surface area contributed by atoms with E-state index in [-0.39, 0.29) is 0 Å². The number of hydrogen-bond acceptors (Lipinski definition) is 1. The van der Waals surface area contributed by atoms with Crippen molar-refractivity contribution in [3.63, 3.8) is 0 Å². The molecule has 3 heteroatoms. The summed E-state index contributed by atoms with van der Waals surface area (Å²) in [6.07, 6.45) is 5.67. The number of aromatic nitrogens is 2. The molecule has 0 radical (unpaired) electrons. The molecule has 1 aromatic heterocycles. The molecule has 0 amide bonds. The second kappa shape index (κ2) is 4.19. The van der Waals surface area contributed by atoms with Crippen LogP contribution in [0.2, 0.25) is 5.02 Å². The number of fused-ring (bicyclic) bond motifs is 1.